The Balaban J connectivity index is 2.14. The fraction of sp³-hybridized carbons (Fsp3) is 0.562. The zero-order valence-electron chi connectivity index (χ0n) is 12.4. The molecule has 1 aliphatic rings. The van der Waals surface area contributed by atoms with Crippen LogP contribution in [-0.2, 0) is 6.54 Å². The van der Waals surface area contributed by atoms with Crippen molar-refractivity contribution in [1.82, 2.24) is 4.90 Å². The summed E-state index contributed by atoms with van der Waals surface area (Å²) >= 11 is 0. The molecule has 0 spiro atoms. The van der Waals surface area contributed by atoms with Gasteiger partial charge in [0.1, 0.15) is 0 Å². The van der Waals surface area contributed by atoms with Crippen molar-refractivity contribution in [1.29, 1.82) is 0 Å². The number of hydrogen-bond donors (Lipinski definition) is 2. The number of carboxylic acid groups (broad SMARTS) is 1. The number of likely N-dealkylation sites (tertiary alicyclic amines) is 1. The number of aromatic carboxylic acids is 1. The maximum absolute atomic E-state index is 11.4. The summed E-state index contributed by atoms with van der Waals surface area (Å²) in [5.74, 6) is -0.937. The fourth-order valence-corrected chi connectivity index (χ4v) is 2.89. The van der Waals surface area contributed by atoms with Crippen molar-refractivity contribution >= 4 is 11.7 Å². The van der Waals surface area contributed by atoms with Crippen molar-refractivity contribution < 1.29 is 9.90 Å². The Morgan fingerprint density at radius 3 is 2.80 bits per heavy atom. The lowest BCUT2D eigenvalue weighted by Gasteiger charge is -2.24. The molecule has 0 unspecified atom stereocenters. The Kier molecular flexibility index (Phi) is 4.33. The van der Waals surface area contributed by atoms with Gasteiger partial charge in [-0.3, -0.25) is 4.90 Å². The van der Waals surface area contributed by atoms with Crippen LogP contribution < -0.4 is 5.73 Å². The van der Waals surface area contributed by atoms with E-state index in [2.05, 4.69) is 18.7 Å². The van der Waals surface area contributed by atoms with Crippen molar-refractivity contribution in [3.05, 3.63) is 29.3 Å². The molecule has 4 heteroatoms. The molecule has 1 fully saturated rings. The van der Waals surface area contributed by atoms with Crippen LogP contribution in [0.4, 0.5) is 5.69 Å². The van der Waals surface area contributed by atoms with Gasteiger partial charge in [0.25, 0.3) is 0 Å². The summed E-state index contributed by atoms with van der Waals surface area (Å²) < 4.78 is 0. The van der Waals surface area contributed by atoms with Crippen LogP contribution in [0.25, 0.3) is 0 Å². The largest absolute Gasteiger partial charge is 0.478 e. The Labute approximate surface area is 120 Å². The van der Waals surface area contributed by atoms with Gasteiger partial charge in [-0.15, -0.1) is 0 Å². The van der Waals surface area contributed by atoms with E-state index in [4.69, 9.17) is 5.73 Å². The van der Waals surface area contributed by atoms with Crippen LogP contribution in [0.15, 0.2) is 18.2 Å². The smallest absolute Gasteiger partial charge is 0.338 e. The first-order chi connectivity index (χ1) is 9.39. The first-order valence-corrected chi connectivity index (χ1v) is 7.22. The highest BCUT2D eigenvalue weighted by Crippen LogP contribution is 2.30. The molecule has 110 valence electrons. The molecule has 1 aromatic carbocycles. The van der Waals surface area contributed by atoms with Crippen LogP contribution >= 0.6 is 0 Å². The number of anilines is 1. The van der Waals surface area contributed by atoms with E-state index in [9.17, 15) is 9.90 Å². The first kappa shape index (κ1) is 14.9. The van der Waals surface area contributed by atoms with Gasteiger partial charge in [0.2, 0.25) is 0 Å². The Morgan fingerprint density at radius 2 is 2.10 bits per heavy atom. The average Bonchev–Trinajstić information content (AvgIpc) is 2.50. The van der Waals surface area contributed by atoms with Gasteiger partial charge >= 0.3 is 5.97 Å². The molecule has 0 radical (unpaired) electrons. The summed E-state index contributed by atoms with van der Waals surface area (Å²) in [7, 11) is 0. The lowest BCUT2D eigenvalue weighted by Crippen LogP contribution is -2.26. The Hall–Kier alpha value is -1.55. The molecule has 0 aromatic heterocycles. The zero-order valence-corrected chi connectivity index (χ0v) is 12.4. The number of benzene rings is 1. The summed E-state index contributed by atoms with van der Waals surface area (Å²) in [5, 5.41) is 9.32. The number of rotatable bonds is 3. The van der Waals surface area contributed by atoms with Crippen molar-refractivity contribution in [2.24, 2.45) is 5.41 Å². The van der Waals surface area contributed by atoms with Crippen molar-refractivity contribution in [3.8, 4) is 0 Å². The maximum Gasteiger partial charge on any atom is 0.338 e. The molecule has 0 amide bonds. The average molecular weight is 276 g/mol. The van der Waals surface area contributed by atoms with Crippen LogP contribution in [0, 0.1) is 5.41 Å². The van der Waals surface area contributed by atoms with Gasteiger partial charge in [-0.25, -0.2) is 4.79 Å². The second kappa shape index (κ2) is 5.83. The van der Waals surface area contributed by atoms with E-state index in [1.807, 2.05) is 12.1 Å². The SMILES string of the molecule is CC1(C)CCCN(Cc2cccc(N)c2C(=O)O)CC1. The predicted molar refractivity (Wildman–Crippen MR) is 80.7 cm³/mol. The van der Waals surface area contributed by atoms with E-state index in [1.54, 1.807) is 6.07 Å². The van der Waals surface area contributed by atoms with Crippen molar-refractivity contribution in [3.63, 3.8) is 0 Å². The zero-order chi connectivity index (χ0) is 14.8. The predicted octanol–water partition coefficient (Wildman–Crippen LogP) is 2.98. The van der Waals surface area contributed by atoms with E-state index < -0.39 is 5.97 Å². The second-order valence-corrected chi connectivity index (χ2v) is 6.48. The minimum absolute atomic E-state index is 0.260. The molecular weight excluding hydrogens is 252 g/mol. The fourth-order valence-electron chi connectivity index (χ4n) is 2.89. The number of nitrogen functional groups attached to an aromatic ring is 1. The first-order valence-electron chi connectivity index (χ1n) is 7.22. The quantitative estimate of drug-likeness (QED) is 0.833. The lowest BCUT2D eigenvalue weighted by atomic mass is 9.85. The van der Waals surface area contributed by atoms with Gasteiger partial charge in [0.15, 0.2) is 0 Å². The molecule has 3 N–H and O–H groups in total. The standard InChI is InChI=1S/C16H24N2O2/c1-16(2)7-4-9-18(10-8-16)11-12-5-3-6-13(17)14(12)15(19)20/h3,5-6H,4,7-11,17H2,1-2H3,(H,19,20). The monoisotopic (exact) mass is 276 g/mol. The summed E-state index contributed by atoms with van der Waals surface area (Å²) in [4.78, 5) is 13.7. The number of nitrogens with zero attached hydrogens (tertiary/aromatic N) is 1. The number of hydrogen-bond acceptors (Lipinski definition) is 3. The van der Waals surface area contributed by atoms with Gasteiger partial charge in [-0.2, -0.15) is 0 Å². The highest BCUT2D eigenvalue weighted by atomic mass is 16.4. The van der Waals surface area contributed by atoms with Gasteiger partial charge in [0.05, 0.1) is 5.56 Å². The van der Waals surface area contributed by atoms with E-state index in [0.717, 1.165) is 31.5 Å². The molecule has 0 bridgehead atoms. The molecular formula is C16H24N2O2. The summed E-state index contributed by atoms with van der Waals surface area (Å²) in [6, 6.07) is 5.35. The van der Waals surface area contributed by atoms with Crippen LogP contribution in [0.2, 0.25) is 0 Å². The number of nitrogens with two attached hydrogens (primary N) is 1. The Morgan fingerprint density at radius 1 is 1.35 bits per heavy atom. The third kappa shape index (κ3) is 3.51. The molecule has 1 heterocycles. The normalized spacial score (nSPS) is 19.5. The van der Waals surface area contributed by atoms with Gasteiger partial charge in [0, 0.05) is 12.2 Å². The third-order valence-corrected chi connectivity index (χ3v) is 4.22. The highest BCUT2D eigenvalue weighted by molar-refractivity contribution is 5.95. The van der Waals surface area contributed by atoms with Crippen molar-refractivity contribution in [2.75, 3.05) is 18.8 Å². The summed E-state index contributed by atoms with van der Waals surface area (Å²) in [5.41, 5.74) is 7.62. The molecule has 4 nitrogen and oxygen atoms in total. The summed E-state index contributed by atoms with van der Waals surface area (Å²) in [6.45, 7) is 7.32. The number of carbonyl (C=O) groups is 1. The van der Waals surface area contributed by atoms with E-state index >= 15 is 0 Å². The molecule has 0 aliphatic carbocycles. The molecule has 1 aromatic rings. The van der Waals surface area contributed by atoms with Crippen LogP contribution in [0.3, 0.4) is 0 Å². The van der Waals surface area contributed by atoms with E-state index in [0.29, 0.717) is 17.6 Å². The highest BCUT2D eigenvalue weighted by Gasteiger charge is 2.24. The summed E-state index contributed by atoms with van der Waals surface area (Å²) in [6.07, 6.45) is 3.54. The number of carboxylic acids is 1. The second-order valence-electron chi connectivity index (χ2n) is 6.48. The van der Waals surface area contributed by atoms with Crippen molar-refractivity contribution in [2.45, 2.75) is 39.7 Å². The maximum atomic E-state index is 11.4. The molecule has 20 heavy (non-hydrogen) atoms. The van der Waals surface area contributed by atoms with Crippen LogP contribution in [-0.4, -0.2) is 29.1 Å². The Bertz CT molecular complexity index is 497. The van der Waals surface area contributed by atoms with Gasteiger partial charge in [-0.1, -0.05) is 26.0 Å². The van der Waals surface area contributed by atoms with Crippen LogP contribution in [0.5, 0.6) is 0 Å². The van der Waals surface area contributed by atoms with Gasteiger partial charge < -0.3 is 10.8 Å². The van der Waals surface area contributed by atoms with E-state index in [-0.39, 0.29) is 5.56 Å². The molecule has 1 aliphatic heterocycles. The molecule has 1 saturated heterocycles. The topological polar surface area (TPSA) is 66.6 Å². The van der Waals surface area contributed by atoms with Crippen LogP contribution in [0.1, 0.15) is 49.0 Å². The minimum Gasteiger partial charge on any atom is -0.478 e. The van der Waals surface area contributed by atoms with E-state index in [1.165, 1.54) is 6.42 Å². The molecule has 2 rings (SSSR count). The lowest BCUT2D eigenvalue weighted by molar-refractivity contribution is 0.0695. The molecule has 0 atom stereocenters. The molecule has 0 saturated carbocycles. The minimum atomic E-state index is -0.937. The third-order valence-electron chi connectivity index (χ3n) is 4.22. The van der Waals surface area contributed by atoms with Gasteiger partial charge in [-0.05, 0) is 49.4 Å².